The predicted molar refractivity (Wildman–Crippen MR) is 72.2 cm³/mol. The highest BCUT2D eigenvalue weighted by Gasteiger charge is 2.41. The van der Waals surface area contributed by atoms with E-state index in [4.69, 9.17) is 0 Å². The van der Waals surface area contributed by atoms with Crippen molar-refractivity contribution in [1.29, 1.82) is 0 Å². The Morgan fingerprint density at radius 3 is 2.32 bits per heavy atom. The van der Waals surface area contributed by atoms with Crippen LogP contribution in [-0.4, -0.2) is 47.1 Å². The van der Waals surface area contributed by atoms with Gasteiger partial charge in [0.05, 0.1) is 5.25 Å². The molecule has 0 atom stereocenters. The van der Waals surface area contributed by atoms with Crippen molar-refractivity contribution in [2.45, 2.75) is 37.0 Å². The minimum atomic E-state index is -3.01. The normalized spacial score (nSPS) is 22.3. The fourth-order valence-corrected chi connectivity index (χ4v) is 4.26. The molecule has 19 heavy (non-hydrogen) atoms. The third kappa shape index (κ3) is 2.87. The second-order valence-corrected chi connectivity index (χ2v) is 7.35. The van der Waals surface area contributed by atoms with Gasteiger partial charge in [0, 0.05) is 31.5 Å². The molecular weight excluding hydrogens is 264 g/mol. The van der Waals surface area contributed by atoms with Crippen LogP contribution in [0, 0.1) is 0 Å². The first-order chi connectivity index (χ1) is 9.16. The molecule has 1 aromatic heterocycles. The minimum Gasteiger partial charge on any atom is -0.351 e. The fraction of sp³-hybridized carbons (Fsp3) is 0.667. The number of nitrogens with zero attached hydrogens (tertiary/aromatic N) is 3. The molecule has 2 heterocycles. The molecule has 7 heteroatoms. The van der Waals surface area contributed by atoms with E-state index in [-0.39, 0.29) is 11.3 Å². The maximum absolute atomic E-state index is 12.1. The summed E-state index contributed by atoms with van der Waals surface area (Å²) < 4.78 is 25.8. The Morgan fingerprint density at radius 1 is 1.11 bits per heavy atom. The second kappa shape index (κ2) is 5.05. The molecular formula is C12H18N4O2S. The quantitative estimate of drug-likeness (QED) is 0.886. The van der Waals surface area contributed by atoms with Crippen LogP contribution in [-0.2, 0) is 10.0 Å². The second-order valence-electron chi connectivity index (χ2n) is 5.13. The van der Waals surface area contributed by atoms with Gasteiger partial charge in [0.1, 0.15) is 0 Å². The number of aromatic nitrogens is 2. The smallest absolute Gasteiger partial charge is 0.222 e. The van der Waals surface area contributed by atoms with Crippen LogP contribution < -0.4 is 5.32 Å². The molecule has 3 rings (SSSR count). The number of hydrogen-bond acceptors (Lipinski definition) is 5. The summed E-state index contributed by atoms with van der Waals surface area (Å²) in [5.41, 5.74) is 0. The van der Waals surface area contributed by atoms with Crippen LogP contribution in [0.3, 0.4) is 0 Å². The van der Waals surface area contributed by atoms with Crippen molar-refractivity contribution in [3.8, 4) is 0 Å². The Balaban J connectivity index is 1.55. The van der Waals surface area contributed by atoms with E-state index in [0.29, 0.717) is 19.0 Å². The predicted octanol–water partition coefficient (Wildman–Crippen LogP) is 0.845. The highest BCUT2D eigenvalue weighted by molar-refractivity contribution is 7.90. The molecule has 104 valence electrons. The summed E-state index contributed by atoms with van der Waals surface area (Å²) in [5.74, 6) is 0.617. The Kier molecular flexibility index (Phi) is 3.40. The molecule has 2 fully saturated rings. The number of piperidine rings is 1. The van der Waals surface area contributed by atoms with Crippen molar-refractivity contribution in [3.63, 3.8) is 0 Å². The molecule has 2 aliphatic rings. The van der Waals surface area contributed by atoms with Crippen molar-refractivity contribution in [3.05, 3.63) is 18.5 Å². The lowest BCUT2D eigenvalue weighted by Crippen LogP contribution is -2.43. The summed E-state index contributed by atoms with van der Waals surface area (Å²) in [6, 6.07) is 2.03. The van der Waals surface area contributed by atoms with Crippen LogP contribution in [0.5, 0.6) is 0 Å². The van der Waals surface area contributed by atoms with Gasteiger partial charge in [-0.05, 0) is 31.7 Å². The average molecular weight is 282 g/mol. The molecule has 0 bridgehead atoms. The highest BCUT2D eigenvalue weighted by Crippen LogP contribution is 2.32. The first-order valence-corrected chi connectivity index (χ1v) is 8.19. The van der Waals surface area contributed by atoms with Crippen LogP contribution >= 0.6 is 0 Å². The molecule has 0 unspecified atom stereocenters. The van der Waals surface area contributed by atoms with Gasteiger partial charge in [-0.25, -0.2) is 22.7 Å². The third-order valence-corrected chi connectivity index (χ3v) is 6.06. The van der Waals surface area contributed by atoms with Crippen LogP contribution in [0.2, 0.25) is 0 Å². The minimum absolute atomic E-state index is 0.102. The lowest BCUT2D eigenvalue weighted by molar-refractivity contribution is 0.328. The van der Waals surface area contributed by atoms with Gasteiger partial charge >= 0.3 is 0 Å². The van der Waals surface area contributed by atoms with Gasteiger partial charge in [-0.15, -0.1) is 0 Å². The molecule has 6 nitrogen and oxygen atoms in total. The standard InChI is InChI=1S/C12H18N4O2S/c17-19(18,11-2-3-11)16-8-4-10(5-9-16)15-12-13-6-1-7-14-12/h1,6-7,10-11H,2-5,8-9H2,(H,13,14,15). The van der Waals surface area contributed by atoms with Gasteiger partial charge in [0.2, 0.25) is 16.0 Å². The topological polar surface area (TPSA) is 75.2 Å². The van der Waals surface area contributed by atoms with Crippen LogP contribution in [0.25, 0.3) is 0 Å². The number of sulfonamides is 1. The van der Waals surface area contributed by atoms with Crippen LogP contribution in [0.4, 0.5) is 5.95 Å². The van der Waals surface area contributed by atoms with Gasteiger partial charge in [-0.3, -0.25) is 0 Å². The Morgan fingerprint density at radius 2 is 1.74 bits per heavy atom. The Hall–Kier alpha value is -1.21. The van der Waals surface area contributed by atoms with Crippen LogP contribution in [0.15, 0.2) is 18.5 Å². The number of nitrogens with one attached hydrogen (secondary N) is 1. The summed E-state index contributed by atoms with van der Waals surface area (Å²) in [4.78, 5) is 8.25. The molecule has 1 aromatic rings. The molecule has 1 aliphatic heterocycles. The SMILES string of the molecule is O=S(=O)(C1CC1)N1CCC(Nc2ncccn2)CC1. The zero-order valence-electron chi connectivity index (χ0n) is 10.7. The van der Waals surface area contributed by atoms with Crippen molar-refractivity contribution in [2.24, 2.45) is 0 Å². The highest BCUT2D eigenvalue weighted by atomic mass is 32.2. The molecule has 0 aromatic carbocycles. The fourth-order valence-electron chi connectivity index (χ4n) is 2.39. The lowest BCUT2D eigenvalue weighted by Gasteiger charge is -2.31. The van der Waals surface area contributed by atoms with E-state index < -0.39 is 10.0 Å². The number of hydrogen-bond donors (Lipinski definition) is 1. The van der Waals surface area contributed by atoms with Gasteiger partial charge in [0.15, 0.2) is 0 Å². The van der Waals surface area contributed by atoms with E-state index in [1.807, 2.05) is 0 Å². The molecule has 1 N–H and O–H groups in total. The monoisotopic (exact) mass is 282 g/mol. The van der Waals surface area contributed by atoms with Gasteiger partial charge in [0.25, 0.3) is 0 Å². The number of rotatable bonds is 4. The van der Waals surface area contributed by atoms with E-state index in [1.54, 1.807) is 22.8 Å². The summed E-state index contributed by atoms with van der Waals surface area (Å²) in [6.07, 6.45) is 6.68. The lowest BCUT2D eigenvalue weighted by atomic mass is 10.1. The maximum atomic E-state index is 12.1. The summed E-state index contributed by atoms with van der Waals surface area (Å²) in [7, 11) is -3.01. The average Bonchev–Trinajstić information content (AvgIpc) is 3.25. The van der Waals surface area contributed by atoms with Gasteiger partial charge < -0.3 is 5.32 Å². The summed E-state index contributed by atoms with van der Waals surface area (Å²) in [5, 5.41) is 3.15. The van der Waals surface area contributed by atoms with Gasteiger partial charge in [-0.2, -0.15) is 0 Å². The van der Waals surface area contributed by atoms with E-state index in [9.17, 15) is 8.42 Å². The van der Waals surface area contributed by atoms with Crippen molar-refractivity contribution >= 4 is 16.0 Å². The van der Waals surface area contributed by atoms with Crippen LogP contribution in [0.1, 0.15) is 25.7 Å². The molecule has 1 aliphatic carbocycles. The molecule has 1 saturated heterocycles. The zero-order valence-corrected chi connectivity index (χ0v) is 11.5. The van der Waals surface area contributed by atoms with E-state index in [2.05, 4.69) is 15.3 Å². The van der Waals surface area contributed by atoms with Crippen molar-refractivity contribution in [2.75, 3.05) is 18.4 Å². The molecule has 0 spiro atoms. The zero-order chi connectivity index (χ0) is 13.3. The van der Waals surface area contributed by atoms with Gasteiger partial charge in [-0.1, -0.05) is 0 Å². The van der Waals surface area contributed by atoms with E-state index >= 15 is 0 Å². The van der Waals surface area contributed by atoms with E-state index in [1.165, 1.54) is 0 Å². The van der Waals surface area contributed by atoms with Crippen molar-refractivity contribution < 1.29 is 8.42 Å². The van der Waals surface area contributed by atoms with E-state index in [0.717, 1.165) is 25.7 Å². The maximum Gasteiger partial charge on any atom is 0.222 e. The Bertz CT molecular complexity index is 522. The first kappa shape index (κ1) is 12.8. The summed E-state index contributed by atoms with van der Waals surface area (Å²) >= 11 is 0. The third-order valence-electron chi connectivity index (χ3n) is 3.66. The first-order valence-electron chi connectivity index (χ1n) is 6.69. The summed E-state index contributed by atoms with van der Waals surface area (Å²) in [6.45, 7) is 1.20. The molecule has 1 saturated carbocycles. The molecule has 0 radical (unpaired) electrons. The molecule has 0 amide bonds. The Labute approximate surface area is 113 Å². The largest absolute Gasteiger partial charge is 0.351 e. The van der Waals surface area contributed by atoms with Crippen molar-refractivity contribution in [1.82, 2.24) is 14.3 Å². The number of anilines is 1.